The maximum absolute atomic E-state index is 12.8. The van der Waals surface area contributed by atoms with Crippen molar-refractivity contribution in [3.8, 4) is 5.75 Å². The van der Waals surface area contributed by atoms with Crippen molar-refractivity contribution < 1.29 is 14.6 Å². The summed E-state index contributed by atoms with van der Waals surface area (Å²) in [5, 5.41) is 13.6. The van der Waals surface area contributed by atoms with Crippen LogP contribution in [-0.4, -0.2) is 70.8 Å². The largest absolute Gasteiger partial charge is 0.490 e. The Balaban J connectivity index is 1.34. The number of likely N-dealkylation sites (tertiary alicyclic amines) is 1. The van der Waals surface area contributed by atoms with Gasteiger partial charge in [0.1, 0.15) is 12.4 Å². The lowest BCUT2D eigenvalue weighted by molar-refractivity contribution is -0.120. The Labute approximate surface area is 157 Å². The van der Waals surface area contributed by atoms with Crippen molar-refractivity contribution in [2.75, 3.05) is 43.0 Å². The topological polar surface area (TPSA) is 90.8 Å². The number of benzene rings is 1. The average Bonchev–Trinajstić information content (AvgIpc) is 2.70. The van der Waals surface area contributed by atoms with Gasteiger partial charge < -0.3 is 20.1 Å². The molecule has 0 aliphatic carbocycles. The molecule has 1 amide bonds. The van der Waals surface area contributed by atoms with E-state index in [1.165, 1.54) is 0 Å². The molecule has 1 fully saturated rings. The highest BCUT2D eigenvalue weighted by Crippen LogP contribution is 2.31. The van der Waals surface area contributed by atoms with Crippen molar-refractivity contribution in [1.29, 1.82) is 0 Å². The van der Waals surface area contributed by atoms with E-state index in [9.17, 15) is 9.90 Å². The molecular formula is C19H23N5O3. The highest BCUT2D eigenvalue weighted by molar-refractivity contribution is 5.96. The molecule has 0 bridgehead atoms. The van der Waals surface area contributed by atoms with E-state index in [-0.39, 0.29) is 18.5 Å². The number of ether oxygens (including phenoxy) is 1. The fraction of sp³-hybridized carbons (Fsp3) is 0.421. The zero-order valence-electron chi connectivity index (χ0n) is 15.0. The Hall–Kier alpha value is -2.71. The van der Waals surface area contributed by atoms with Crippen LogP contribution in [0.4, 0.5) is 11.6 Å². The van der Waals surface area contributed by atoms with Gasteiger partial charge in [-0.15, -0.1) is 0 Å². The normalized spacial score (nSPS) is 22.6. The zero-order valence-corrected chi connectivity index (χ0v) is 15.0. The highest BCUT2D eigenvalue weighted by atomic mass is 16.5. The molecule has 2 aliphatic rings. The summed E-state index contributed by atoms with van der Waals surface area (Å²) in [7, 11) is 0. The molecule has 4 rings (SSSR count). The Morgan fingerprint density at radius 3 is 2.85 bits per heavy atom. The highest BCUT2D eigenvalue weighted by Gasteiger charge is 2.31. The van der Waals surface area contributed by atoms with Crippen molar-refractivity contribution in [3.63, 3.8) is 0 Å². The molecule has 142 valence electrons. The number of aromatic nitrogens is 2. The van der Waals surface area contributed by atoms with Crippen molar-refractivity contribution in [2.45, 2.75) is 18.6 Å². The SMILES string of the molecule is O=C(CN1CCC(Nc2ncccn2)C(O)C1)N1CCOc2ccccc21. The summed E-state index contributed by atoms with van der Waals surface area (Å²) in [5.41, 5.74) is 0.812. The van der Waals surface area contributed by atoms with Gasteiger partial charge in [0, 0.05) is 25.5 Å². The van der Waals surface area contributed by atoms with Gasteiger partial charge in [0.05, 0.1) is 30.9 Å². The van der Waals surface area contributed by atoms with Crippen LogP contribution >= 0.6 is 0 Å². The van der Waals surface area contributed by atoms with Crippen LogP contribution in [0.1, 0.15) is 6.42 Å². The predicted octanol–water partition coefficient (Wildman–Crippen LogP) is 0.749. The van der Waals surface area contributed by atoms with Gasteiger partial charge in [-0.05, 0) is 24.6 Å². The molecule has 2 aromatic rings. The number of hydrogen-bond donors (Lipinski definition) is 2. The quantitative estimate of drug-likeness (QED) is 0.822. The van der Waals surface area contributed by atoms with Crippen LogP contribution in [0.25, 0.3) is 0 Å². The van der Waals surface area contributed by atoms with Gasteiger partial charge in [-0.1, -0.05) is 12.1 Å². The molecule has 0 radical (unpaired) electrons. The van der Waals surface area contributed by atoms with Crippen molar-refractivity contribution in [3.05, 3.63) is 42.7 Å². The zero-order chi connectivity index (χ0) is 18.6. The van der Waals surface area contributed by atoms with Crippen molar-refractivity contribution in [1.82, 2.24) is 14.9 Å². The lowest BCUT2D eigenvalue weighted by Gasteiger charge is -2.37. The molecule has 27 heavy (non-hydrogen) atoms. The Kier molecular flexibility index (Phi) is 5.17. The van der Waals surface area contributed by atoms with Crippen LogP contribution in [-0.2, 0) is 4.79 Å². The van der Waals surface area contributed by atoms with Crippen molar-refractivity contribution in [2.24, 2.45) is 0 Å². The van der Waals surface area contributed by atoms with Gasteiger partial charge in [0.2, 0.25) is 11.9 Å². The molecule has 2 unspecified atom stereocenters. The average molecular weight is 369 g/mol. The van der Waals surface area contributed by atoms with Crippen molar-refractivity contribution >= 4 is 17.5 Å². The first kappa shape index (κ1) is 17.7. The van der Waals surface area contributed by atoms with Crippen LogP contribution in [0, 0.1) is 0 Å². The van der Waals surface area contributed by atoms with E-state index in [1.807, 2.05) is 29.2 Å². The third-order valence-electron chi connectivity index (χ3n) is 4.93. The number of para-hydroxylation sites is 2. The monoisotopic (exact) mass is 369 g/mol. The number of anilines is 2. The second kappa shape index (κ2) is 7.89. The van der Waals surface area contributed by atoms with Gasteiger partial charge in [0.25, 0.3) is 0 Å². The first-order valence-electron chi connectivity index (χ1n) is 9.17. The minimum absolute atomic E-state index is 0.0238. The fourth-order valence-corrected chi connectivity index (χ4v) is 3.55. The third-order valence-corrected chi connectivity index (χ3v) is 4.93. The Bertz CT molecular complexity index is 788. The second-order valence-corrected chi connectivity index (χ2v) is 6.78. The molecule has 1 aromatic heterocycles. The summed E-state index contributed by atoms with van der Waals surface area (Å²) in [6.07, 6.45) is 3.45. The summed E-state index contributed by atoms with van der Waals surface area (Å²) < 4.78 is 5.61. The maximum atomic E-state index is 12.8. The number of rotatable bonds is 4. The molecule has 1 aromatic carbocycles. The first-order valence-corrected chi connectivity index (χ1v) is 9.17. The molecule has 0 saturated carbocycles. The molecule has 8 heteroatoms. The van der Waals surface area contributed by atoms with E-state index in [0.29, 0.717) is 32.1 Å². The fourth-order valence-electron chi connectivity index (χ4n) is 3.55. The first-order chi connectivity index (χ1) is 13.2. The molecule has 2 N–H and O–H groups in total. The number of hydrogen-bond acceptors (Lipinski definition) is 7. The van der Waals surface area contributed by atoms with Gasteiger partial charge in [0.15, 0.2) is 0 Å². The minimum Gasteiger partial charge on any atom is -0.490 e. The molecule has 2 aliphatic heterocycles. The van der Waals surface area contributed by atoms with Crippen LogP contribution < -0.4 is 15.0 Å². The van der Waals surface area contributed by atoms with Crippen LogP contribution in [0.3, 0.4) is 0 Å². The van der Waals surface area contributed by atoms with E-state index in [2.05, 4.69) is 15.3 Å². The third kappa shape index (κ3) is 4.01. The number of aliphatic hydroxyl groups excluding tert-OH is 1. The van der Waals surface area contributed by atoms with E-state index >= 15 is 0 Å². The van der Waals surface area contributed by atoms with Crippen LogP contribution in [0.15, 0.2) is 42.7 Å². The van der Waals surface area contributed by atoms with Gasteiger partial charge in [-0.25, -0.2) is 9.97 Å². The van der Waals surface area contributed by atoms with E-state index in [4.69, 9.17) is 4.74 Å². The van der Waals surface area contributed by atoms with Gasteiger partial charge in [-0.2, -0.15) is 0 Å². The predicted molar refractivity (Wildman–Crippen MR) is 101 cm³/mol. The van der Waals surface area contributed by atoms with Crippen LogP contribution in [0.5, 0.6) is 5.75 Å². The molecule has 2 atom stereocenters. The summed E-state index contributed by atoms with van der Waals surface area (Å²) >= 11 is 0. The summed E-state index contributed by atoms with van der Waals surface area (Å²) in [5.74, 6) is 1.27. The van der Waals surface area contributed by atoms with E-state index < -0.39 is 6.10 Å². The summed E-state index contributed by atoms with van der Waals surface area (Å²) in [6.45, 7) is 2.47. The van der Waals surface area contributed by atoms with E-state index in [1.54, 1.807) is 23.4 Å². The molecule has 8 nitrogen and oxygen atoms in total. The Morgan fingerprint density at radius 1 is 1.22 bits per heavy atom. The number of nitrogens with zero attached hydrogens (tertiary/aromatic N) is 4. The molecular weight excluding hydrogens is 346 g/mol. The van der Waals surface area contributed by atoms with Gasteiger partial charge >= 0.3 is 0 Å². The lowest BCUT2D eigenvalue weighted by atomic mass is 10.0. The lowest BCUT2D eigenvalue weighted by Crippen LogP contribution is -2.53. The summed E-state index contributed by atoms with van der Waals surface area (Å²) in [4.78, 5) is 24.9. The summed E-state index contributed by atoms with van der Waals surface area (Å²) in [6, 6.07) is 9.21. The van der Waals surface area contributed by atoms with Crippen LogP contribution in [0.2, 0.25) is 0 Å². The number of fused-ring (bicyclic) bond motifs is 1. The number of carbonyl (C=O) groups excluding carboxylic acids is 1. The van der Waals surface area contributed by atoms with E-state index in [0.717, 1.165) is 18.0 Å². The number of amides is 1. The number of β-amino-alcohol motifs (C(OH)–C–C–N with tert-alkyl or cyclic N) is 1. The number of aliphatic hydroxyl groups is 1. The maximum Gasteiger partial charge on any atom is 0.241 e. The molecule has 3 heterocycles. The number of nitrogens with one attached hydrogen (secondary N) is 1. The molecule has 1 saturated heterocycles. The van der Waals surface area contributed by atoms with Gasteiger partial charge in [-0.3, -0.25) is 9.69 Å². The minimum atomic E-state index is -0.590. The Morgan fingerprint density at radius 2 is 2.04 bits per heavy atom. The number of piperidine rings is 1. The standard InChI is InChI=1S/C19H23N5O3/c25-16-12-23(9-6-14(16)22-19-20-7-3-8-21-19)13-18(26)24-10-11-27-17-5-2-1-4-15(17)24/h1-5,7-8,14,16,25H,6,9-13H2,(H,20,21,22). The smallest absolute Gasteiger partial charge is 0.241 e. The molecule has 0 spiro atoms. The number of carbonyl (C=O) groups is 1. The second-order valence-electron chi connectivity index (χ2n) is 6.78.